The summed E-state index contributed by atoms with van der Waals surface area (Å²) in [4.78, 5) is 0. The summed E-state index contributed by atoms with van der Waals surface area (Å²) < 4.78 is 0. The van der Waals surface area contributed by atoms with E-state index in [0.29, 0.717) is 6.04 Å². The van der Waals surface area contributed by atoms with Gasteiger partial charge in [0.2, 0.25) is 0 Å². The number of hydrogen-bond acceptors (Lipinski definition) is 2. The zero-order valence-electron chi connectivity index (χ0n) is 11.6. The Hall–Kier alpha value is -0.860. The number of aryl methyl sites for hydroxylation is 1. The normalized spacial score (nSPS) is 13.7. The molecule has 1 rings (SSSR count). The summed E-state index contributed by atoms with van der Waals surface area (Å²) in [6, 6.07) is 9.17. The molecule has 0 saturated carbocycles. The van der Waals surface area contributed by atoms with Crippen LogP contribution in [0.2, 0.25) is 0 Å². The Kier molecular flexibility index (Phi) is 5.16. The lowest BCUT2D eigenvalue weighted by molar-refractivity contribution is 0.231. The maximum absolute atomic E-state index is 5.69. The van der Waals surface area contributed by atoms with E-state index in [-0.39, 0.29) is 5.41 Å². The molecule has 0 heterocycles. The highest BCUT2D eigenvalue weighted by Gasteiger charge is 2.26. The first-order chi connectivity index (χ1) is 8.03. The molecule has 0 aliphatic heterocycles. The fraction of sp³-hybridized carbons (Fsp3) is 0.600. The van der Waals surface area contributed by atoms with E-state index < -0.39 is 0 Å². The van der Waals surface area contributed by atoms with Crippen molar-refractivity contribution in [3.8, 4) is 0 Å². The molecule has 0 bridgehead atoms. The minimum atomic E-state index is 0.220. The van der Waals surface area contributed by atoms with Crippen molar-refractivity contribution in [1.29, 1.82) is 0 Å². The van der Waals surface area contributed by atoms with Crippen LogP contribution < -0.4 is 11.3 Å². The van der Waals surface area contributed by atoms with Crippen molar-refractivity contribution in [2.24, 2.45) is 11.3 Å². The van der Waals surface area contributed by atoms with E-state index in [4.69, 9.17) is 5.84 Å². The molecule has 0 aromatic heterocycles. The third-order valence-corrected chi connectivity index (χ3v) is 3.93. The van der Waals surface area contributed by atoms with Gasteiger partial charge >= 0.3 is 0 Å². The van der Waals surface area contributed by atoms with E-state index in [1.807, 2.05) is 0 Å². The molecule has 0 spiro atoms. The number of nitrogens with one attached hydrogen (secondary N) is 1. The van der Waals surface area contributed by atoms with Gasteiger partial charge in [0.15, 0.2) is 0 Å². The number of hydrogen-bond donors (Lipinski definition) is 2. The van der Waals surface area contributed by atoms with Crippen molar-refractivity contribution < 1.29 is 0 Å². The molecule has 2 nitrogen and oxygen atoms in total. The summed E-state index contributed by atoms with van der Waals surface area (Å²) in [6.45, 7) is 8.92. The minimum Gasteiger partial charge on any atom is -0.271 e. The third kappa shape index (κ3) is 3.83. The largest absolute Gasteiger partial charge is 0.271 e. The molecule has 0 fully saturated rings. The van der Waals surface area contributed by atoms with Crippen LogP contribution in [-0.4, -0.2) is 6.04 Å². The Morgan fingerprint density at radius 1 is 1.12 bits per heavy atom. The smallest absolute Gasteiger partial charge is 0.0301 e. The summed E-state index contributed by atoms with van der Waals surface area (Å²) in [7, 11) is 0. The van der Waals surface area contributed by atoms with Gasteiger partial charge in [0, 0.05) is 6.04 Å². The van der Waals surface area contributed by atoms with Crippen LogP contribution in [0.3, 0.4) is 0 Å². The van der Waals surface area contributed by atoms with Gasteiger partial charge in [-0.15, -0.1) is 0 Å². The van der Waals surface area contributed by atoms with Gasteiger partial charge in [-0.25, -0.2) is 0 Å². The van der Waals surface area contributed by atoms with Crippen molar-refractivity contribution in [3.63, 3.8) is 0 Å². The second-order valence-corrected chi connectivity index (χ2v) is 5.44. The van der Waals surface area contributed by atoms with E-state index in [0.717, 1.165) is 19.3 Å². The molecule has 1 aromatic carbocycles. The zero-order chi connectivity index (χ0) is 12.9. The Morgan fingerprint density at radius 3 is 2.06 bits per heavy atom. The van der Waals surface area contributed by atoms with Crippen LogP contribution in [0.1, 0.15) is 45.2 Å². The first kappa shape index (κ1) is 14.2. The van der Waals surface area contributed by atoms with Gasteiger partial charge < -0.3 is 0 Å². The van der Waals surface area contributed by atoms with E-state index >= 15 is 0 Å². The number of nitrogens with two attached hydrogens (primary N) is 1. The molecule has 96 valence electrons. The number of rotatable bonds is 6. The molecular weight excluding hydrogens is 208 g/mol. The second-order valence-electron chi connectivity index (χ2n) is 5.44. The van der Waals surface area contributed by atoms with Crippen LogP contribution in [-0.2, 0) is 12.8 Å². The summed E-state index contributed by atoms with van der Waals surface area (Å²) in [5.41, 5.74) is 5.93. The van der Waals surface area contributed by atoms with Crippen LogP contribution in [0.25, 0.3) is 0 Å². The molecule has 0 saturated heterocycles. The fourth-order valence-corrected chi connectivity index (χ4v) is 1.95. The molecular formula is C15H26N2. The van der Waals surface area contributed by atoms with Crippen molar-refractivity contribution in [2.75, 3.05) is 0 Å². The molecule has 3 N–H and O–H groups in total. The Bertz CT molecular complexity index is 327. The summed E-state index contributed by atoms with van der Waals surface area (Å²) in [6.07, 6.45) is 3.20. The van der Waals surface area contributed by atoms with Gasteiger partial charge in [-0.3, -0.25) is 11.3 Å². The summed E-state index contributed by atoms with van der Waals surface area (Å²) >= 11 is 0. The maximum atomic E-state index is 5.69. The van der Waals surface area contributed by atoms with Crippen molar-refractivity contribution >= 4 is 0 Å². The Labute approximate surface area is 106 Å². The lowest BCUT2D eigenvalue weighted by atomic mass is 9.79. The van der Waals surface area contributed by atoms with Crippen LogP contribution in [0, 0.1) is 5.41 Å². The second kappa shape index (κ2) is 6.18. The lowest BCUT2D eigenvalue weighted by Gasteiger charge is -2.33. The van der Waals surface area contributed by atoms with Gasteiger partial charge in [-0.1, -0.05) is 52.0 Å². The lowest BCUT2D eigenvalue weighted by Crippen LogP contribution is -2.46. The minimum absolute atomic E-state index is 0.220. The predicted molar refractivity (Wildman–Crippen MR) is 74.7 cm³/mol. The molecule has 2 heteroatoms. The van der Waals surface area contributed by atoms with Crippen LogP contribution >= 0.6 is 0 Å². The maximum Gasteiger partial charge on any atom is 0.0301 e. The van der Waals surface area contributed by atoms with E-state index in [1.165, 1.54) is 11.1 Å². The van der Waals surface area contributed by atoms with E-state index in [1.54, 1.807) is 0 Å². The molecule has 1 atom stereocenters. The first-order valence-electron chi connectivity index (χ1n) is 6.57. The van der Waals surface area contributed by atoms with E-state index in [9.17, 15) is 0 Å². The Balaban J connectivity index is 2.73. The molecule has 0 radical (unpaired) electrons. The summed E-state index contributed by atoms with van der Waals surface area (Å²) in [5.74, 6) is 5.69. The first-order valence-corrected chi connectivity index (χ1v) is 6.57. The van der Waals surface area contributed by atoms with Gasteiger partial charge in [-0.2, -0.15) is 0 Å². The summed E-state index contributed by atoms with van der Waals surface area (Å²) in [5, 5.41) is 0. The molecule has 1 aromatic rings. The van der Waals surface area contributed by atoms with Gasteiger partial charge in [0.05, 0.1) is 0 Å². The van der Waals surface area contributed by atoms with Crippen molar-refractivity contribution in [3.05, 3.63) is 35.4 Å². The van der Waals surface area contributed by atoms with Crippen LogP contribution in [0.4, 0.5) is 0 Å². The topological polar surface area (TPSA) is 38.0 Å². The highest BCUT2D eigenvalue weighted by molar-refractivity contribution is 5.23. The average Bonchev–Trinajstić information content (AvgIpc) is 2.36. The quantitative estimate of drug-likeness (QED) is 0.586. The molecule has 1 unspecified atom stereocenters. The zero-order valence-corrected chi connectivity index (χ0v) is 11.6. The number of hydrazine groups is 1. The van der Waals surface area contributed by atoms with Crippen LogP contribution in [0.15, 0.2) is 24.3 Å². The predicted octanol–water partition coefficient (Wildman–Crippen LogP) is 3.06. The molecule has 0 amide bonds. The van der Waals surface area contributed by atoms with Gasteiger partial charge in [0.25, 0.3) is 0 Å². The molecule has 0 aliphatic carbocycles. The van der Waals surface area contributed by atoms with Crippen molar-refractivity contribution in [1.82, 2.24) is 5.43 Å². The molecule has 17 heavy (non-hydrogen) atoms. The van der Waals surface area contributed by atoms with Gasteiger partial charge in [0.1, 0.15) is 0 Å². The highest BCUT2D eigenvalue weighted by Crippen LogP contribution is 2.26. The van der Waals surface area contributed by atoms with Crippen molar-refractivity contribution in [2.45, 2.75) is 53.0 Å². The van der Waals surface area contributed by atoms with Gasteiger partial charge in [-0.05, 0) is 35.8 Å². The highest BCUT2D eigenvalue weighted by atomic mass is 15.2. The standard InChI is InChI=1S/C15H26N2/c1-5-12-7-9-13(10-8-12)11-14(17-16)15(3,4)6-2/h7-10,14,17H,5-6,11,16H2,1-4H3. The SMILES string of the molecule is CCc1ccc(CC(NN)C(C)(C)CC)cc1. The Morgan fingerprint density at radius 2 is 1.65 bits per heavy atom. The van der Waals surface area contributed by atoms with E-state index in [2.05, 4.69) is 57.4 Å². The third-order valence-electron chi connectivity index (χ3n) is 3.93. The average molecular weight is 234 g/mol. The van der Waals surface area contributed by atoms with Crippen LogP contribution in [0.5, 0.6) is 0 Å². The monoisotopic (exact) mass is 234 g/mol. The fourth-order valence-electron chi connectivity index (χ4n) is 1.95. The number of benzene rings is 1. The molecule has 0 aliphatic rings.